The van der Waals surface area contributed by atoms with Crippen LogP contribution in [0, 0.1) is 0 Å². The molecule has 0 bridgehead atoms. The predicted octanol–water partition coefficient (Wildman–Crippen LogP) is 5.66. The Morgan fingerprint density at radius 3 is 2.40 bits per heavy atom. The summed E-state index contributed by atoms with van der Waals surface area (Å²) in [6, 6.07) is 0. The van der Waals surface area contributed by atoms with Crippen LogP contribution in [-0.2, 0) is 12.0 Å². The van der Waals surface area contributed by atoms with E-state index in [4.69, 9.17) is 4.98 Å². The van der Waals surface area contributed by atoms with Crippen molar-refractivity contribution in [3.63, 3.8) is 0 Å². The number of hydrogen-bond donors (Lipinski definition) is 0. The van der Waals surface area contributed by atoms with E-state index in [1.54, 1.807) is 0 Å². The number of nitrogens with zero attached hydrogens (tertiary/aromatic N) is 2. The van der Waals surface area contributed by atoms with Crippen LogP contribution in [0.2, 0.25) is 0 Å². The zero-order valence-corrected chi connectivity index (χ0v) is 14.5. The van der Waals surface area contributed by atoms with Crippen molar-refractivity contribution in [2.24, 2.45) is 0 Å². The molecule has 2 nitrogen and oxygen atoms in total. The van der Waals surface area contributed by atoms with Gasteiger partial charge in [0.1, 0.15) is 0 Å². The molecule has 0 aliphatic rings. The van der Waals surface area contributed by atoms with Crippen molar-refractivity contribution in [1.82, 2.24) is 9.55 Å². The molecule has 0 saturated heterocycles. The van der Waals surface area contributed by atoms with Crippen molar-refractivity contribution in [1.29, 1.82) is 0 Å². The minimum Gasteiger partial charge on any atom is -0.334 e. The third-order valence-corrected chi connectivity index (χ3v) is 4.34. The average Bonchev–Trinajstić information content (AvgIpc) is 2.81. The maximum atomic E-state index is 4.83. The van der Waals surface area contributed by atoms with Gasteiger partial charge in [0.05, 0.1) is 12.0 Å². The average molecular weight is 278 g/mol. The molecule has 1 aromatic rings. The van der Waals surface area contributed by atoms with Crippen LogP contribution < -0.4 is 0 Å². The number of hydrogen-bond acceptors (Lipinski definition) is 1. The highest BCUT2D eigenvalue weighted by molar-refractivity contribution is 5.25. The van der Waals surface area contributed by atoms with Gasteiger partial charge in [-0.2, -0.15) is 0 Å². The van der Waals surface area contributed by atoms with Gasteiger partial charge in [-0.15, -0.1) is 0 Å². The van der Waals surface area contributed by atoms with Crippen molar-refractivity contribution in [2.75, 3.05) is 0 Å². The fourth-order valence-electron chi connectivity index (χ4n) is 3.25. The van der Waals surface area contributed by atoms with Crippen molar-refractivity contribution in [3.05, 3.63) is 17.7 Å². The topological polar surface area (TPSA) is 17.8 Å². The highest BCUT2D eigenvalue weighted by Gasteiger charge is 2.28. The van der Waals surface area contributed by atoms with Gasteiger partial charge in [-0.25, -0.2) is 4.98 Å². The van der Waals surface area contributed by atoms with Crippen LogP contribution in [0.3, 0.4) is 0 Å². The Hall–Kier alpha value is -0.790. The lowest BCUT2D eigenvalue weighted by Crippen LogP contribution is -2.21. The van der Waals surface area contributed by atoms with E-state index in [2.05, 4.69) is 52.4 Å². The molecule has 1 heterocycles. The molecule has 20 heavy (non-hydrogen) atoms. The molecule has 0 aliphatic carbocycles. The molecule has 0 amide bonds. The highest BCUT2D eigenvalue weighted by atomic mass is 15.1. The van der Waals surface area contributed by atoms with Crippen molar-refractivity contribution in [3.8, 4) is 0 Å². The van der Waals surface area contributed by atoms with Gasteiger partial charge >= 0.3 is 0 Å². The Labute approximate surface area is 126 Å². The molecule has 0 radical (unpaired) electrons. The van der Waals surface area contributed by atoms with E-state index in [0.717, 1.165) is 6.54 Å². The molecule has 2 heteroatoms. The first kappa shape index (κ1) is 17.3. The van der Waals surface area contributed by atoms with Gasteiger partial charge in [-0.1, -0.05) is 60.8 Å². The van der Waals surface area contributed by atoms with Crippen molar-refractivity contribution in [2.45, 2.75) is 97.9 Å². The Morgan fingerprint density at radius 2 is 1.85 bits per heavy atom. The molecule has 0 aromatic carbocycles. The smallest absolute Gasteiger partial charge is 0.0951 e. The van der Waals surface area contributed by atoms with Crippen LogP contribution in [0.15, 0.2) is 6.33 Å². The van der Waals surface area contributed by atoms with E-state index in [1.165, 1.54) is 49.9 Å². The summed E-state index contributed by atoms with van der Waals surface area (Å²) in [5, 5.41) is 0. The zero-order valence-electron chi connectivity index (χ0n) is 14.5. The second-order valence-electron chi connectivity index (χ2n) is 6.85. The molecule has 1 aromatic heterocycles. The van der Waals surface area contributed by atoms with E-state index in [9.17, 15) is 0 Å². The molecule has 1 atom stereocenters. The number of aromatic nitrogens is 2. The van der Waals surface area contributed by atoms with Gasteiger partial charge in [0.15, 0.2) is 0 Å². The number of aryl methyl sites for hydroxylation is 1. The Balaban J connectivity index is 3.13. The first-order valence-electron chi connectivity index (χ1n) is 8.53. The maximum Gasteiger partial charge on any atom is 0.0951 e. The van der Waals surface area contributed by atoms with Crippen LogP contribution in [0.25, 0.3) is 0 Å². The molecule has 0 fully saturated rings. The van der Waals surface area contributed by atoms with Crippen LogP contribution in [0.4, 0.5) is 0 Å². The summed E-state index contributed by atoms with van der Waals surface area (Å²) >= 11 is 0. The van der Waals surface area contributed by atoms with Gasteiger partial charge in [-0.3, -0.25) is 0 Å². The van der Waals surface area contributed by atoms with E-state index in [0.29, 0.717) is 5.92 Å². The third kappa shape index (κ3) is 4.10. The second kappa shape index (κ2) is 7.85. The minimum absolute atomic E-state index is 0.198. The lowest BCUT2D eigenvalue weighted by molar-refractivity contribution is 0.446. The summed E-state index contributed by atoms with van der Waals surface area (Å²) in [5.41, 5.74) is 3.04. The third-order valence-electron chi connectivity index (χ3n) is 4.34. The monoisotopic (exact) mass is 278 g/mol. The standard InChI is InChI=1S/C18H34N2/c1-7-10-13-20-14-19-17(18(5,6)12-9-3)16(20)15(4)11-8-2/h14-15H,7-13H2,1-6H3. The SMILES string of the molecule is CCCCn1cnc(C(C)(C)CCC)c1C(C)CCC. The molecule has 0 saturated carbocycles. The van der Waals surface area contributed by atoms with Gasteiger partial charge < -0.3 is 4.57 Å². The Morgan fingerprint density at radius 1 is 1.15 bits per heavy atom. The first-order valence-corrected chi connectivity index (χ1v) is 8.53. The van der Waals surface area contributed by atoms with Gasteiger partial charge in [0.2, 0.25) is 0 Å². The van der Waals surface area contributed by atoms with E-state index in [-0.39, 0.29) is 5.41 Å². The van der Waals surface area contributed by atoms with Gasteiger partial charge in [-0.05, 0) is 25.2 Å². The lowest BCUT2D eigenvalue weighted by atomic mass is 9.81. The van der Waals surface area contributed by atoms with E-state index >= 15 is 0 Å². The fraction of sp³-hybridized carbons (Fsp3) is 0.833. The Kier molecular flexibility index (Phi) is 6.78. The number of imidazole rings is 1. The summed E-state index contributed by atoms with van der Waals surface area (Å²) in [6.45, 7) is 15.0. The minimum atomic E-state index is 0.198. The lowest BCUT2D eigenvalue weighted by Gasteiger charge is -2.26. The van der Waals surface area contributed by atoms with Crippen LogP contribution >= 0.6 is 0 Å². The summed E-state index contributed by atoms with van der Waals surface area (Å²) in [5.74, 6) is 0.616. The fourth-order valence-corrected chi connectivity index (χ4v) is 3.25. The molecule has 1 unspecified atom stereocenters. The number of rotatable bonds is 9. The molecule has 116 valence electrons. The highest BCUT2D eigenvalue weighted by Crippen LogP contribution is 2.35. The van der Waals surface area contributed by atoms with Crippen LogP contribution in [0.5, 0.6) is 0 Å². The summed E-state index contributed by atoms with van der Waals surface area (Å²) in [7, 11) is 0. The van der Waals surface area contributed by atoms with Gasteiger partial charge in [0, 0.05) is 17.7 Å². The summed E-state index contributed by atoms with van der Waals surface area (Å²) in [4.78, 5) is 4.83. The second-order valence-corrected chi connectivity index (χ2v) is 6.85. The van der Waals surface area contributed by atoms with Crippen molar-refractivity contribution < 1.29 is 0 Å². The molecule has 1 rings (SSSR count). The number of unbranched alkanes of at least 4 members (excludes halogenated alkanes) is 1. The van der Waals surface area contributed by atoms with E-state index < -0.39 is 0 Å². The van der Waals surface area contributed by atoms with E-state index in [1.807, 2.05) is 0 Å². The predicted molar refractivity (Wildman–Crippen MR) is 88.4 cm³/mol. The van der Waals surface area contributed by atoms with Crippen LogP contribution in [0.1, 0.15) is 97.4 Å². The van der Waals surface area contributed by atoms with Gasteiger partial charge in [0.25, 0.3) is 0 Å². The largest absolute Gasteiger partial charge is 0.334 e. The molecule has 0 N–H and O–H groups in total. The summed E-state index contributed by atoms with van der Waals surface area (Å²) < 4.78 is 2.43. The molecular formula is C18H34N2. The normalized spacial score (nSPS) is 13.7. The first-order chi connectivity index (χ1) is 9.47. The molecule has 0 aliphatic heterocycles. The Bertz CT molecular complexity index is 390. The maximum absolute atomic E-state index is 4.83. The molecular weight excluding hydrogens is 244 g/mol. The summed E-state index contributed by atoms with van der Waals surface area (Å²) in [6.07, 6.45) is 9.51. The van der Waals surface area contributed by atoms with Crippen LogP contribution in [-0.4, -0.2) is 9.55 Å². The van der Waals surface area contributed by atoms with Crippen molar-refractivity contribution >= 4 is 0 Å². The quantitative estimate of drug-likeness (QED) is 0.569. The molecule has 0 spiro atoms. The zero-order chi connectivity index (χ0) is 15.2.